The van der Waals surface area contributed by atoms with Gasteiger partial charge in [0, 0.05) is 5.02 Å². The van der Waals surface area contributed by atoms with Gasteiger partial charge in [-0.3, -0.25) is 9.59 Å². The van der Waals surface area contributed by atoms with Crippen LogP contribution in [0.4, 0.5) is 13.2 Å². The van der Waals surface area contributed by atoms with Crippen molar-refractivity contribution in [2.45, 2.75) is 18.6 Å². The van der Waals surface area contributed by atoms with Gasteiger partial charge in [-0.05, 0) is 42.0 Å². The third kappa shape index (κ3) is 6.01. The Morgan fingerprint density at radius 1 is 1.11 bits per heavy atom. The summed E-state index contributed by atoms with van der Waals surface area (Å²) in [5, 5.41) is 10.8. The van der Waals surface area contributed by atoms with Gasteiger partial charge in [0.2, 0.25) is 0 Å². The quantitative estimate of drug-likeness (QED) is 0.613. The van der Waals surface area contributed by atoms with Crippen molar-refractivity contribution < 1.29 is 27.5 Å². The maximum Gasteiger partial charge on any atom is 0.471 e. The lowest BCUT2D eigenvalue weighted by molar-refractivity contribution is -0.174. The Kier molecular flexibility index (Phi) is 6.42. The van der Waals surface area contributed by atoms with E-state index in [1.165, 1.54) is 48.5 Å². The SMILES string of the molecule is N#Cc1ccc(OC(=O)C[C@@H](NC(=O)C(F)(F)F)c2ccc(Cl)cc2)cc1. The van der Waals surface area contributed by atoms with Crippen LogP contribution in [0.3, 0.4) is 0 Å². The second kappa shape index (κ2) is 8.56. The van der Waals surface area contributed by atoms with Crippen LogP contribution in [0, 0.1) is 11.3 Å². The topological polar surface area (TPSA) is 79.2 Å². The Hall–Kier alpha value is -3.05. The number of nitrogens with one attached hydrogen (secondary N) is 1. The van der Waals surface area contributed by atoms with E-state index in [1.54, 1.807) is 5.32 Å². The first-order valence-corrected chi connectivity index (χ1v) is 7.91. The van der Waals surface area contributed by atoms with Crippen LogP contribution >= 0.6 is 11.6 Å². The lowest BCUT2D eigenvalue weighted by Gasteiger charge is -2.19. The van der Waals surface area contributed by atoms with Gasteiger partial charge in [0.25, 0.3) is 0 Å². The number of esters is 1. The summed E-state index contributed by atoms with van der Waals surface area (Å²) < 4.78 is 42.8. The minimum atomic E-state index is -5.10. The maximum atomic E-state index is 12.6. The Labute approximate surface area is 157 Å². The van der Waals surface area contributed by atoms with Crippen LogP contribution in [0.1, 0.15) is 23.6 Å². The molecule has 0 saturated carbocycles. The third-order valence-electron chi connectivity index (χ3n) is 3.42. The molecule has 0 aliphatic carbocycles. The molecule has 9 heteroatoms. The zero-order chi connectivity index (χ0) is 20.0. The van der Waals surface area contributed by atoms with Crippen LogP contribution in [-0.2, 0) is 9.59 Å². The summed E-state index contributed by atoms with van der Waals surface area (Å²) >= 11 is 5.75. The highest BCUT2D eigenvalue weighted by Gasteiger charge is 2.40. The molecule has 140 valence electrons. The van der Waals surface area contributed by atoms with Crippen LogP contribution in [-0.4, -0.2) is 18.1 Å². The fraction of sp³-hybridized carbons (Fsp3) is 0.167. The average molecular weight is 397 g/mol. The minimum absolute atomic E-state index is 0.121. The summed E-state index contributed by atoms with van der Waals surface area (Å²) in [5.41, 5.74) is 0.611. The number of hydrogen-bond acceptors (Lipinski definition) is 4. The number of carbonyl (C=O) groups excluding carboxylic acids is 2. The highest BCUT2D eigenvalue weighted by atomic mass is 35.5. The summed E-state index contributed by atoms with van der Waals surface area (Å²) in [6.07, 6.45) is -5.63. The van der Waals surface area contributed by atoms with Crippen LogP contribution < -0.4 is 10.1 Å². The summed E-state index contributed by atoms with van der Waals surface area (Å²) in [6.45, 7) is 0. The number of hydrogen-bond donors (Lipinski definition) is 1. The van der Waals surface area contributed by atoms with Crippen LogP contribution in [0.25, 0.3) is 0 Å². The molecule has 1 amide bonds. The Morgan fingerprint density at radius 3 is 2.22 bits per heavy atom. The van der Waals surface area contributed by atoms with E-state index in [1.807, 2.05) is 6.07 Å². The van der Waals surface area contributed by atoms with E-state index in [4.69, 9.17) is 21.6 Å². The Morgan fingerprint density at radius 2 is 1.70 bits per heavy atom. The van der Waals surface area contributed by atoms with Crippen molar-refractivity contribution in [1.82, 2.24) is 5.32 Å². The minimum Gasteiger partial charge on any atom is -0.426 e. The molecule has 1 N–H and O–H groups in total. The number of carbonyl (C=O) groups is 2. The molecule has 0 aliphatic rings. The fourth-order valence-corrected chi connectivity index (χ4v) is 2.25. The summed E-state index contributed by atoms with van der Waals surface area (Å²) in [4.78, 5) is 23.4. The van der Waals surface area contributed by atoms with Crippen LogP contribution in [0.5, 0.6) is 5.75 Å². The predicted molar refractivity (Wildman–Crippen MR) is 89.8 cm³/mol. The predicted octanol–water partition coefficient (Wildman–Crippen LogP) is 3.93. The third-order valence-corrected chi connectivity index (χ3v) is 3.67. The molecule has 0 radical (unpaired) electrons. The van der Waals surface area contributed by atoms with Crippen LogP contribution in [0.2, 0.25) is 5.02 Å². The Bertz CT molecular complexity index is 859. The normalized spacial score (nSPS) is 12.0. The van der Waals surface area contributed by atoms with Crippen molar-refractivity contribution in [1.29, 1.82) is 5.26 Å². The number of amides is 1. The van der Waals surface area contributed by atoms with Gasteiger partial charge in [-0.15, -0.1) is 0 Å². The number of benzene rings is 2. The fourth-order valence-electron chi connectivity index (χ4n) is 2.12. The van der Waals surface area contributed by atoms with Crippen molar-refractivity contribution in [3.05, 3.63) is 64.7 Å². The molecule has 0 fully saturated rings. The molecule has 0 unspecified atom stereocenters. The smallest absolute Gasteiger partial charge is 0.426 e. The standard InChI is InChI=1S/C18H12ClF3N2O3/c19-13-5-3-12(4-6-13)15(24-17(26)18(20,21)22)9-16(25)27-14-7-1-11(10-23)2-8-14/h1-8,15H,9H2,(H,24,26)/t15-/m1/s1. The molecule has 27 heavy (non-hydrogen) atoms. The molecule has 2 aromatic carbocycles. The monoisotopic (exact) mass is 396 g/mol. The van der Waals surface area contributed by atoms with E-state index < -0.39 is 30.5 Å². The highest BCUT2D eigenvalue weighted by molar-refractivity contribution is 6.30. The second-order valence-corrected chi connectivity index (χ2v) is 5.83. The van der Waals surface area contributed by atoms with Gasteiger partial charge in [0.1, 0.15) is 5.75 Å². The number of rotatable bonds is 5. The molecule has 0 aromatic heterocycles. The highest BCUT2D eigenvalue weighted by Crippen LogP contribution is 2.24. The Balaban J connectivity index is 2.14. The van der Waals surface area contributed by atoms with E-state index in [2.05, 4.69) is 0 Å². The zero-order valence-corrected chi connectivity index (χ0v) is 14.3. The van der Waals surface area contributed by atoms with Crippen molar-refractivity contribution in [3.8, 4) is 11.8 Å². The van der Waals surface area contributed by atoms with E-state index in [9.17, 15) is 22.8 Å². The second-order valence-electron chi connectivity index (χ2n) is 5.39. The first kappa shape index (κ1) is 20.3. The van der Waals surface area contributed by atoms with E-state index in [0.717, 1.165) is 0 Å². The molecule has 1 atom stereocenters. The van der Waals surface area contributed by atoms with E-state index in [-0.39, 0.29) is 11.3 Å². The van der Waals surface area contributed by atoms with Crippen molar-refractivity contribution in [2.75, 3.05) is 0 Å². The van der Waals surface area contributed by atoms with Crippen molar-refractivity contribution in [3.63, 3.8) is 0 Å². The van der Waals surface area contributed by atoms with E-state index >= 15 is 0 Å². The van der Waals surface area contributed by atoms with Gasteiger partial charge in [-0.1, -0.05) is 23.7 Å². The first-order valence-electron chi connectivity index (χ1n) is 7.53. The van der Waals surface area contributed by atoms with Gasteiger partial charge in [0.15, 0.2) is 0 Å². The van der Waals surface area contributed by atoms with Gasteiger partial charge in [-0.25, -0.2) is 0 Å². The van der Waals surface area contributed by atoms with Gasteiger partial charge in [-0.2, -0.15) is 18.4 Å². The number of nitriles is 1. The molecular formula is C18H12ClF3N2O3. The molecule has 2 aromatic rings. The van der Waals surface area contributed by atoms with Gasteiger partial charge >= 0.3 is 18.1 Å². The summed E-state index contributed by atoms with van der Waals surface area (Å²) in [7, 11) is 0. The molecule has 5 nitrogen and oxygen atoms in total. The molecule has 0 saturated heterocycles. The zero-order valence-electron chi connectivity index (χ0n) is 13.6. The first-order chi connectivity index (χ1) is 12.7. The van der Waals surface area contributed by atoms with Gasteiger partial charge in [0.05, 0.1) is 24.1 Å². The average Bonchev–Trinajstić information content (AvgIpc) is 2.61. The number of alkyl halides is 3. The molecular weight excluding hydrogens is 385 g/mol. The van der Waals surface area contributed by atoms with Gasteiger partial charge < -0.3 is 10.1 Å². The molecule has 0 heterocycles. The summed E-state index contributed by atoms with van der Waals surface area (Å²) in [6, 6.07) is 11.9. The number of ether oxygens (including phenoxy) is 1. The largest absolute Gasteiger partial charge is 0.471 e. The molecule has 2 rings (SSSR count). The number of halogens is 4. The molecule has 0 bridgehead atoms. The molecule has 0 spiro atoms. The lowest BCUT2D eigenvalue weighted by Crippen LogP contribution is -2.40. The summed E-state index contributed by atoms with van der Waals surface area (Å²) in [5.74, 6) is -2.91. The number of nitrogens with zero attached hydrogens (tertiary/aromatic N) is 1. The van der Waals surface area contributed by atoms with E-state index in [0.29, 0.717) is 10.6 Å². The molecule has 0 aliphatic heterocycles. The van der Waals surface area contributed by atoms with Crippen molar-refractivity contribution in [2.24, 2.45) is 0 Å². The lowest BCUT2D eigenvalue weighted by atomic mass is 10.0. The maximum absolute atomic E-state index is 12.6. The van der Waals surface area contributed by atoms with Crippen molar-refractivity contribution >= 4 is 23.5 Å². The van der Waals surface area contributed by atoms with Crippen LogP contribution in [0.15, 0.2) is 48.5 Å².